The third kappa shape index (κ3) is 9.49. The standard InChI is InChI=1S/C13H30N2S/c1-4-6-9-15(10-7-5-2)12-13(14)8-11-16-3/h13H,4-12,14H2,1-3H3/t13-/m0/s1. The minimum absolute atomic E-state index is 0.362. The minimum Gasteiger partial charge on any atom is -0.327 e. The van der Waals surface area contributed by atoms with Crippen LogP contribution in [0, 0.1) is 0 Å². The predicted octanol–water partition coefficient (Wildman–Crippen LogP) is 2.97. The summed E-state index contributed by atoms with van der Waals surface area (Å²) in [5.41, 5.74) is 6.15. The van der Waals surface area contributed by atoms with Gasteiger partial charge in [0.2, 0.25) is 0 Å². The van der Waals surface area contributed by atoms with Gasteiger partial charge in [-0.15, -0.1) is 0 Å². The molecule has 0 aliphatic rings. The highest BCUT2D eigenvalue weighted by atomic mass is 32.2. The van der Waals surface area contributed by atoms with Crippen LogP contribution in [0.15, 0.2) is 0 Å². The molecule has 0 heterocycles. The Balaban J connectivity index is 3.78. The molecular formula is C13H30N2S. The summed E-state index contributed by atoms with van der Waals surface area (Å²) >= 11 is 1.89. The first-order valence-electron chi connectivity index (χ1n) is 6.71. The molecule has 0 aromatic rings. The molecule has 0 amide bonds. The summed E-state index contributed by atoms with van der Waals surface area (Å²) in [6.45, 7) is 8.05. The van der Waals surface area contributed by atoms with Crippen LogP contribution in [0.1, 0.15) is 46.0 Å². The Hall–Kier alpha value is 0.270. The molecule has 0 aliphatic carbocycles. The van der Waals surface area contributed by atoms with Crippen LogP contribution in [0.4, 0.5) is 0 Å². The van der Waals surface area contributed by atoms with Crippen LogP contribution in [-0.2, 0) is 0 Å². The topological polar surface area (TPSA) is 29.3 Å². The Kier molecular flexibility index (Phi) is 11.9. The van der Waals surface area contributed by atoms with Gasteiger partial charge in [0.05, 0.1) is 0 Å². The molecule has 2 N–H and O–H groups in total. The molecule has 3 heteroatoms. The van der Waals surface area contributed by atoms with Crippen molar-refractivity contribution >= 4 is 11.8 Å². The molecular weight excluding hydrogens is 216 g/mol. The molecule has 0 aromatic carbocycles. The fourth-order valence-electron chi connectivity index (χ4n) is 1.75. The van der Waals surface area contributed by atoms with E-state index in [4.69, 9.17) is 5.73 Å². The Morgan fingerprint density at radius 2 is 1.69 bits per heavy atom. The van der Waals surface area contributed by atoms with E-state index < -0.39 is 0 Å². The third-order valence-corrected chi connectivity index (χ3v) is 3.49. The zero-order valence-corrected chi connectivity index (χ0v) is 12.2. The fourth-order valence-corrected chi connectivity index (χ4v) is 2.29. The second-order valence-electron chi connectivity index (χ2n) is 4.55. The SMILES string of the molecule is CCCCN(CCCC)C[C@@H](N)CCSC. The highest BCUT2D eigenvalue weighted by molar-refractivity contribution is 7.98. The number of nitrogens with zero attached hydrogens (tertiary/aromatic N) is 1. The first-order valence-corrected chi connectivity index (χ1v) is 8.10. The first-order chi connectivity index (χ1) is 7.74. The van der Waals surface area contributed by atoms with Crippen LogP contribution >= 0.6 is 11.8 Å². The van der Waals surface area contributed by atoms with Gasteiger partial charge in [0, 0.05) is 12.6 Å². The van der Waals surface area contributed by atoms with Crippen LogP contribution in [0.5, 0.6) is 0 Å². The quantitative estimate of drug-likeness (QED) is 0.608. The lowest BCUT2D eigenvalue weighted by Gasteiger charge is -2.25. The van der Waals surface area contributed by atoms with Crippen molar-refractivity contribution in [1.82, 2.24) is 4.90 Å². The van der Waals surface area contributed by atoms with E-state index in [0.717, 1.165) is 13.0 Å². The summed E-state index contributed by atoms with van der Waals surface area (Å²) in [4.78, 5) is 2.55. The van der Waals surface area contributed by atoms with Crippen molar-refractivity contribution in [3.8, 4) is 0 Å². The normalized spacial score (nSPS) is 13.3. The maximum atomic E-state index is 6.15. The van der Waals surface area contributed by atoms with Gasteiger partial charge in [0.25, 0.3) is 0 Å². The number of thioether (sulfide) groups is 1. The molecule has 0 aromatic heterocycles. The maximum absolute atomic E-state index is 6.15. The molecule has 98 valence electrons. The number of unbranched alkanes of at least 4 members (excludes halogenated alkanes) is 2. The number of hydrogen-bond acceptors (Lipinski definition) is 3. The molecule has 1 atom stereocenters. The van der Waals surface area contributed by atoms with Crippen molar-refractivity contribution in [3.63, 3.8) is 0 Å². The largest absolute Gasteiger partial charge is 0.327 e. The zero-order chi connectivity index (χ0) is 12.2. The van der Waals surface area contributed by atoms with E-state index in [1.54, 1.807) is 0 Å². The fraction of sp³-hybridized carbons (Fsp3) is 1.00. The summed E-state index contributed by atoms with van der Waals surface area (Å²) in [5.74, 6) is 1.19. The average molecular weight is 246 g/mol. The summed E-state index contributed by atoms with van der Waals surface area (Å²) in [5, 5.41) is 0. The Bertz CT molecular complexity index is 134. The van der Waals surface area contributed by atoms with Crippen LogP contribution in [0.25, 0.3) is 0 Å². The van der Waals surface area contributed by atoms with Crippen molar-refractivity contribution in [1.29, 1.82) is 0 Å². The van der Waals surface area contributed by atoms with Crippen LogP contribution in [0.3, 0.4) is 0 Å². The van der Waals surface area contributed by atoms with Gasteiger partial charge >= 0.3 is 0 Å². The van der Waals surface area contributed by atoms with Gasteiger partial charge in [0.15, 0.2) is 0 Å². The molecule has 0 spiro atoms. The van der Waals surface area contributed by atoms with E-state index in [-0.39, 0.29) is 0 Å². The molecule has 0 fully saturated rings. The van der Waals surface area contributed by atoms with Crippen molar-refractivity contribution in [3.05, 3.63) is 0 Å². The van der Waals surface area contributed by atoms with E-state index in [9.17, 15) is 0 Å². The molecule has 0 bridgehead atoms. The predicted molar refractivity (Wildman–Crippen MR) is 77.2 cm³/mol. The summed E-state index contributed by atoms with van der Waals surface area (Å²) in [7, 11) is 0. The maximum Gasteiger partial charge on any atom is 0.0175 e. The van der Waals surface area contributed by atoms with Gasteiger partial charge in [-0.2, -0.15) is 11.8 Å². The number of nitrogens with two attached hydrogens (primary N) is 1. The van der Waals surface area contributed by atoms with E-state index >= 15 is 0 Å². The van der Waals surface area contributed by atoms with Crippen molar-refractivity contribution in [2.24, 2.45) is 5.73 Å². The Morgan fingerprint density at radius 3 is 2.12 bits per heavy atom. The lowest BCUT2D eigenvalue weighted by molar-refractivity contribution is 0.247. The van der Waals surface area contributed by atoms with Gasteiger partial charge in [-0.05, 0) is 44.4 Å². The monoisotopic (exact) mass is 246 g/mol. The molecule has 2 nitrogen and oxygen atoms in total. The Morgan fingerprint density at radius 1 is 1.12 bits per heavy atom. The minimum atomic E-state index is 0.362. The van der Waals surface area contributed by atoms with E-state index in [0.29, 0.717) is 6.04 Å². The van der Waals surface area contributed by atoms with Crippen molar-refractivity contribution in [2.45, 2.75) is 52.0 Å². The summed E-state index contributed by atoms with van der Waals surface area (Å²) < 4.78 is 0. The molecule has 0 aliphatic heterocycles. The highest BCUT2D eigenvalue weighted by Crippen LogP contribution is 2.04. The molecule has 0 unspecified atom stereocenters. The summed E-state index contributed by atoms with van der Waals surface area (Å²) in [6.07, 6.45) is 8.47. The van der Waals surface area contributed by atoms with Gasteiger partial charge < -0.3 is 10.6 Å². The average Bonchev–Trinajstić information content (AvgIpc) is 2.30. The first kappa shape index (κ1) is 16.3. The number of hydrogen-bond donors (Lipinski definition) is 1. The lowest BCUT2D eigenvalue weighted by atomic mass is 10.2. The zero-order valence-electron chi connectivity index (χ0n) is 11.4. The van der Waals surface area contributed by atoms with Gasteiger partial charge in [-0.25, -0.2) is 0 Å². The molecule has 16 heavy (non-hydrogen) atoms. The third-order valence-electron chi connectivity index (χ3n) is 2.84. The molecule has 0 saturated carbocycles. The van der Waals surface area contributed by atoms with Gasteiger partial charge in [0.1, 0.15) is 0 Å². The lowest BCUT2D eigenvalue weighted by Crippen LogP contribution is -2.39. The molecule has 0 radical (unpaired) electrons. The van der Waals surface area contributed by atoms with Crippen LogP contribution < -0.4 is 5.73 Å². The van der Waals surface area contributed by atoms with Crippen LogP contribution in [0.2, 0.25) is 0 Å². The van der Waals surface area contributed by atoms with Gasteiger partial charge in [-0.1, -0.05) is 26.7 Å². The van der Waals surface area contributed by atoms with Crippen molar-refractivity contribution in [2.75, 3.05) is 31.6 Å². The van der Waals surface area contributed by atoms with Crippen LogP contribution in [-0.4, -0.2) is 42.6 Å². The van der Waals surface area contributed by atoms with Gasteiger partial charge in [-0.3, -0.25) is 0 Å². The summed E-state index contributed by atoms with van der Waals surface area (Å²) in [6, 6.07) is 0.362. The highest BCUT2D eigenvalue weighted by Gasteiger charge is 2.09. The second kappa shape index (κ2) is 11.7. The van der Waals surface area contributed by atoms with E-state index in [1.807, 2.05) is 11.8 Å². The van der Waals surface area contributed by atoms with E-state index in [1.165, 1.54) is 44.5 Å². The Labute approximate surface area is 106 Å². The molecule has 0 rings (SSSR count). The molecule has 0 saturated heterocycles. The smallest absolute Gasteiger partial charge is 0.0175 e. The number of rotatable bonds is 11. The van der Waals surface area contributed by atoms with Crippen molar-refractivity contribution < 1.29 is 0 Å². The van der Waals surface area contributed by atoms with E-state index in [2.05, 4.69) is 25.0 Å². The second-order valence-corrected chi connectivity index (χ2v) is 5.53.